The van der Waals surface area contributed by atoms with Crippen LogP contribution in [0.3, 0.4) is 0 Å². The van der Waals surface area contributed by atoms with Gasteiger partial charge in [-0.05, 0) is 23.8 Å². The van der Waals surface area contributed by atoms with E-state index in [4.69, 9.17) is 22.5 Å². The molecule has 0 unspecified atom stereocenters. The standard InChI is InChI=1S/C13H12ClN3OS/c14-10-5-1-2-6-11(10)19-8-9-4-3-7-16-12(9)13(15)17-18/h1-7,18H,8H2,(H2,15,17). The maximum Gasteiger partial charge on any atom is 0.189 e. The van der Waals surface area contributed by atoms with Crippen molar-refractivity contribution in [3.63, 3.8) is 0 Å². The molecule has 2 rings (SSSR count). The van der Waals surface area contributed by atoms with E-state index in [0.29, 0.717) is 16.5 Å². The van der Waals surface area contributed by atoms with E-state index in [2.05, 4.69) is 10.1 Å². The zero-order valence-corrected chi connectivity index (χ0v) is 11.5. The van der Waals surface area contributed by atoms with E-state index in [-0.39, 0.29) is 5.84 Å². The highest BCUT2D eigenvalue weighted by atomic mass is 35.5. The maximum absolute atomic E-state index is 8.74. The molecule has 98 valence electrons. The van der Waals surface area contributed by atoms with E-state index >= 15 is 0 Å². The number of halogens is 1. The van der Waals surface area contributed by atoms with E-state index in [9.17, 15) is 0 Å². The first-order chi connectivity index (χ1) is 9.22. The van der Waals surface area contributed by atoms with E-state index in [0.717, 1.165) is 10.5 Å². The van der Waals surface area contributed by atoms with Crippen LogP contribution in [-0.4, -0.2) is 16.0 Å². The lowest BCUT2D eigenvalue weighted by atomic mass is 10.2. The van der Waals surface area contributed by atoms with Crippen molar-refractivity contribution >= 4 is 29.2 Å². The molecule has 0 spiro atoms. The molecule has 19 heavy (non-hydrogen) atoms. The van der Waals surface area contributed by atoms with E-state index in [1.165, 1.54) is 0 Å². The van der Waals surface area contributed by atoms with Gasteiger partial charge in [0.05, 0.1) is 5.02 Å². The van der Waals surface area contributed by atoms with Crippen molar-refractivity contribution in [1.82, 2.24) is 4.98 Å². The minimum atomic E-state index is 0.00959. The van der Waals surface area contributed by atoms with Gasteiger partial charge in [0, 0.05) is 16.8 Å². The number of thioether (sulfide) groups is 1. The molecule has 3 N–H and O–H groups in total. The number of hydrogen-bond acceptors (Lipinski definition) is 4. The highest BCUT2D eigenvalue weighted by Crippen LogP contribution is 2.29. The van der Waals surface area contributed by atoms with Gasteiger partial charge in [0.1, 0.15) is 5.69 Å². The maximum atomic E-state index is 8.74. The van der Waals surface area contributed by atoms with Crippen LogP contribution in [0.1, 0.15) is 11.3 Å². The molecule has 1 aromatic carbocycles. The molecule has 0 aliphatic carbocycles. The summed E-state index contributed by atoms with van der Waals surface area (Å²) in [5.74, 6) is 0.652. The smallest absolute Gasteiger partial charge is 0.189 e. The molecule has 0 atom stereocenters. The molecule has 1 heterocycles. The second-order valence-electron chi connectivity index (χ2n) is 3.72. The molecule has 0 fully saturated rings. The average molecular weight is 294 g/mol. The molecular weight excluding hydrogens is 282 g/mol. The van der Waals surface area contributed by atoms with Crippen LogP contribution >= 0.6 is 23.4 Å². The Morgan fingerprint density at radius 2 is 2.11 bits per heavy atom. The lowest BCUT2D eigenvalue weighted by molar-refractivity contribution is 0.318. The summed E-state index contributed by atoms with van der Waals surface area (Å²) in [5, 5.41) is 12.4. The predicted molar refractivity (Wildman–Crippen MR) is 77.8 cm³/mol. The van der Waals surface area contributed by atoms with Crippen molar-refractivity contribution in [1.29, 1.82) is 0 Å². The lowest BCUT2D eigenvalue weighted by Crippen LogP contribution is -2.17. The monoisotopic (exact) mass is 293 g/mol. The number of oxime groups is 1. The summed E-state index contributed by atoms with van der Waals surface area (Å²) in [7, 11) is 0. The average Bonchev–Trinajstić information content (AvgIpc) is 2.46. The lowest BCUT2D eigenvalue weighted by Gasteiger charge is -2.07. The molecule has 0 aliphatic heterocycles. The summed E-state index contributed by atoms with van der Waals surface area (Å²) >= 11 is 7.67. The molecule has 1 aromatic heterocycles. The van der Waals surface area contributed by atoms with Crippen molar-refractivity contribution in [3.05, 3.63) is 58.9 Å². The molecule has 0 saturated heterocycles. The highest BCUT2D eigenvalue weighted by Gasteiger charge is 2.09. The van der Waals surface area contributed by atoms with E-state index in [1.54, 1.807) is 18.0 Å². The van der Waals surface area contributed by atoms with Crippen LogP contribution < -0.4 is 5.73 Å². The minimum Gasteiger partial charge on any atom is -0.409 e. The summed E-state index contributed by atoms with van der Waals surface area (Å²) in [5.41, 5.74) is 6.98. The summed E-state index contributed by atoms with van der Waals surface area (Å²) in [6.07, 6.45) is 1.61. The normalized spacial score (nSPS) is 11.5. The summed E-state index contributed by atoms with van der Waals surface area (Å²) in [6, 6.07) is 11.3. The first-order valence-electron chi connectivity index (χ1n) is 5.51. The van der Waals surface area contributed by atoms with E-state index < -0.39 is 0 Å². The summed E-state index contributed by atoms with van der Waals surface area (Å²) in [4.78, 5) is 5.11. The fourth-order valence-corrected chi connectivity index (χ4v) is 2.77. The van der Waals surface area contributed by atoms with Gasteiger partial charge >= 0.3 is 0 Å². The zero-order chi connectivity index (χ0) is 13.7. The second kappa shape index (κ2) is 6.45. The third-order valence-electron chi connectivity index (χ3n) is 2.46. The topological polar surface area (TPSA) is 71.5 Å². The van der Waals surface area contributed by atoms with Crippen LogP contribution in [0.4, 0.5) is 0 Å². The third-order valence-corrected chi connectivity index (χ3v) is 4.03. The highest BCUT2D eigenvalue weighted by molar-refractivity contribution is 7.98. The van der Waals surface area contributed by atoms with Gasteiger partial charge in [-0.2, -0.15) is 0 Å². The number of rotatable bonds is 4. The van der Waals surface area contributed by atoms with Gasteiger partial charge in [0.15, 0.2) is 5.84 Å². The van der Waals surface area contributed by atoms with Gasteiger partial charge in [0.2, 0.25) is 0 Å². The van der Waals surface area contributed by atoms with Crippen molar-refractivity contribution in [3.8, 4) is 0 Å². The SMILES string of the molecule is NC(=NO)c1ncccc1CSc1ccccc1Cl. The van der Waals surface area contributed by atoms with Crippen LogP contribution in [0.2, 0.25) is 5.02 Å². The Balaban J connectivity index is 2.19. The molecule has 0 aliphatic rings. The van der Waals surface area contributed by atoms with Gasteiger partial charge in [-0.1, -0.05) is 35.0 Å². The van der Waals surface area contributed by atoms with Gasteiger partial charge in [-0.15, -0.1) is 11.8 Å². The predicted octanol–water partition coefficient (Wildman–Crippen LogP) is 3.12. The number of pyridine rings is 1. The Kier molecular flexibility index (Phi) is 4.65. The summed E-state index contributed by atoms with van der Waals surface area (Å²) in [6.45, 7) is 0. The molecular formula is C13H12ClN3OS. The molecule has 0 saturated carbocycles. The Bertz CT molecular complexity index is 604. The van der Waals surface area contributed by atoms with Crippen LogP contribution in [0, 0.1) is 0 Å². The number of nitrogens with zero attached hydrogens (tertiary/aromatic N) is 2. The number of amidine groups is 1. The second-order valence-corrected chi connectivity index (χ2v) is 5.14. The zero-order valence-electron chi connectivity index (χ0n) is 9.95. The van der Waals surface area contributed by atoms with Gasteiger partial charge in [-0.3, -0.25) is 4.98 Å². The number of hydrogen-bond donors (Lipinski definition) is 2. The van der Waals surface area contributed by atoms with Crippen LogP contribution in [0.15, 0.2) is 52.6 Å². The molecule has 2 aromatic rings. The van der Waals surface area contributed by atoms with Crippen LogP contribution in [0.25, 0.3) is 0 Å². The third kappa shape index (κ3) is 3.39. The Labute approximate surface area is 120 Å². The number of nitrogens with two attached hydrogens (primary N) is 1. The Morgan fingerprint density at radius 1 is 1.32 bits per heavy atom. The molecule has 6 heteroatoms. The van der Waals surface area contributed by atoms with Crippen molar-refractivity contribution in [2.24, 2.45) is 10.9 Å². The van der Waals surface area contributed by atoms with Crippen molar-refractivity contribution < 1.29 is 5.21 Å². The molecule has 4 nitrogen and oxygen atoms in total. The Morgan fingerprint density at radius 3 is 2.84 bits per heavy atom. The quantitative estimate of drug-likeness (QED) is 0.299. The largest absolute Gasteiger partial charge is 0.409 e. The number of aromatic nitrogens is 1. The van der Waals surface area contributed by atoms with Gasteiger partial charge in [-0.25, -0.2) is 0 Å². The number of benzene rings is 1. The van der Waals surface area contributed by atoms with Crippen LogP contribution in [-0.2, 0) is 5.75 Å². The molecule has 0 radical (unpaired) electrons. The van der Waals surface area contributed by atoms with Crippen molar-refractivity contribution in [2.45, 2.75) is 10.6 Å². The fraction of sp³-hybridized carbons (Fsp3) is 0.0769. The van der Waals surface area contributed by atoms with Gasteiger partial charge in [0.25, 0.3) is 0 Å². The summed E-state index contributed by atoms with van der Waals surface area (Å²) < 4.78 is 0. The van der Waals surface area contributed by atoms with Crippen molar-refractivity contribution in [2.75, 3.05) is 0 Å². The van der Waals surface area contributed by atoms with E-state index in [1.807, 2.05) is 36.4 Å². The van der Waals surface area contributed by atoms with Gasteiger partial charge < -0.3 is 10.9 Å². The first kappa shape index (κ1) is 13.7. The minimum absolute atomic E-state index is 0.00959. The molecule has 0 amide bonds. The van der Waals surface area contributed by atoms with Crippen LogP contribution in [0.5, 0.6) is 0 Å². The first-order valence-corrected chi connectivity index (χ1v) is 6.88. The molecule has 0 bridgehead atoms. The Hall–Kier alpha value is -1.72. The fourth-order valence-electron chi connectivity index (χ4n) is 1.55.